The molecule has 4 heteroatoms. The second-order valence-corrected chi connectivity index (χ2v) is 5.06. The van der Waals surface area contributed by atoms with Crippen LogP contribution in [0.25, 0.3) is 10.4 Å². The lowest BCUT2D eigenvalue weighted by Crippen LogP contribution is -2.09. The quantitative estimate of drug-likeness (QED) is 0.325. The maximum Gasteiger partial charge on any atom is 0.0510 e. The predicted molar refractivity (Wildman–Crippen MR) is 94.0 cm³/mol. The molecule has 23 heavy (non-hydrogen) atoms. The van der Waals surface area contributed by atoms with Crippen LogP contribution < -0.4 is 4.90 Å². The molecule has 4 nitrogen and oxygen atoms in total. The zero-order chi connectivity index (χ0) is 15.9. The molecule has 0 unspecified atom stereocenters. The van der Waals surface area contributed by atoms with Gasteiger partial charge in [-0.25, -0.2) is 0 Å². The van der Waals surface area contributed by atoms with Gasteiger partial charge in [-0.05, 0) is 47.5 Å². The highest BCUT2D eigenvalue weighted by Gasteiger charge is 2.11. The van der Waals surface area contributed by atoms with Crippen molar-refractivity contribution >= 4 is 17.1 Å². The zero-order valence-electron chi connectivity index (χ0n) is 12.6. The van der Waals surface area contributed by atoms with Crippen molar-refractivity contribution in [3.05, 3.63) is 101 Å². The highest BCUT2D eigenvalue weighted by Crippen LogP contribution is 2.33. The van der Waals surface area contributed by atoms with Gasteiger partial charge in [-0.2, -0.15) is 0 Å². The van der Waals surface area contributed by atoms with Crippen LogP contribution in [0.3, 0.4) is 0 Å². The lowest BCUT2D eigenvalue weighted by molar-refractivity contribution is 1.05. The summed E-state index contributed by atoms with van der Waals surface area (Å²) < 4.78 is 0. The van der Waals surface area contributed by atoms with Crippen molar-refractivity contribution in [2.45, 2.75) is 6.54 Å². The summed E-state index contributed by atoms with van der Waals surface area (Å²) in [5, 5.41) is 3.60. The van der Waals surface area contributed by atoms with Crippen LogP contribution in [0.5, 0.6) is 0 Å². The second-order valence-electron chi connectivity index (χ2n) is 5.06. The molecule has 0 bridgehead atoms. The molecule has 3 aromatic rings. The summed E-state index contributed by atoms with van der Waals surface area (Å²) in [5.74, 6) is 0. The van der Waals surface area contributed by atoms with Gasteiger partial charge in [-0.15, -0.1) is 0 Å². The molecule has 0 heterocycles. The van der Waals surface area contributed by atoms with E-state index in [0.717, 1.165) is 22.6 Å². The third kappa shape index (κ3) is 3.51. The summed E-state index contributed by atoms with van der Waals surface area (Å²) >= 11 is 0. The largest absolute Gasteiger partial charge is 0.311 e. The third-order valence-electron chi connectivity index (χ3n) is 3.54. The Kier molecular flexibility index (Phi) is 4.58. The van der Waals surface area contributed by atoms with Crippen LogP contribution in [0, 0.1) is 0 Å². The second kappa shape index (κ2) is 7.16. The van der Waals surface area contributed by atoms with Gasteiger partial charge >= 0.3 is 0 Å². The number of rotatable bonds is 5. The number of azide groups is 1. The molecule has 3 rings (SSSR count). The molecule has 0 fully saturated rings. The Bertz CT molecular complexity index is 752. The van der Waals surface area contributed by atoms with Gasteiger partial charge in [0.1, 0.15) is 0 Å². The molecule has 0 amide bonds. The molecule has 0 saturated carbocycles. The first-order chi connectivity index (χ1) is 11.4. The molecule has 0 atom stereocenters. The average Bonchev–Trinajstić information content (AvgIpc) is 2.63. The summed E-state index contributed by atoms with van der Waals surface area (Å²) in [6.45, 7) is 0.369. The van der Waals surface area contributed by atoms with Crippen molar-refractivity contribution in [2.24, 2.45) is 5.11 Å². The lowest BCUT2D eigenvalue weighted by atomic mass is 10.1. The Hall–Kier alpha value is -3.23. The van der Waals surface area contributed by atoms with Crippen LogP contribution in [0.15, 0.2) is 90.0 Å². The van der Waals surface area contributed by atoms with E-state index in [1.807, 2.05) is 60.7 Å². The summed E-state index contributed by atoms with van der Waals surface area (Å²) in [4.78, 5) is 4.99. The predicted octanol–water partition coefficient (Wildman–Crippen LogP) is 5.97. The first kappa shape index (κ1) is 14.7. The number of anilines is 3. The maximum absolute atomic E-state index is 8.42. The topological polar surface area (TPSA) is 52.0 Å². The van der Waals surface area contributed by atoms with Gasteiger partial charge in [0.05, 0.1) is 6.54 Å². The van der Waals surface area contributed by atoms with E-state index in [0.29, 0.717) is 6.54 Å². The van der Waals surface area contributed by atoms with E-state index in [1.54, 1.807) is 0 Å². The molecular weight excluding hydrogens is 284 g/mol. The first-order valence-electron chi connectivity index (χ1n) is 7.38. The van der Waals surface area contributed by atoms with Crippen LogP contribution in [0.2, 0.25) is 0 Å². The fourth-order valence-corrected chi connectivity index (χ4v) is 2.47. The number of benzene rings is 3. The maximum atomic E-state index is 8.42. The van der Waals surface area contributed by atoms with Crippen LogP contribution in [0.1, 0.15) is 5.56 Å². The van der Waals surface area contributed by atoms with Crippen LogP contribution in [0.4, 0.5) is 17.1 Å². The van der Waals surface area contributed by atoms with Crippen molar-refractivity contribution in [1.82, 2.24) is 0 Å². The molecule has 0 aromatic heterocycles. The standard InChI is InChI=1S/C19H16N4/c20-22-21-15-16-11-13-19(14-12-16)23(17-7-3-1-4-8-17)18-9-5-2-6-10-18/h1-14H,15H2. The van der Waals surface area contributed by atoms with Gasteiger partial charge < -0.3 is 4.90 Å². The van der Waals surface area contributed by atoms with E-state index in [4.69, 9.17) is 5.53 Å². The fourth-order valence-electron chi connectivity index (χ4n) is 2.47. The van der Waals surface area contributed by atoms with Crippen molar-refractivity contribution in [3.8, 4) is 0 Å². The molecule has 3 aromatic carbocycles. The number of nitrogens with zero attached hydrogens (tertiary/aromatic N) is 4. The molecule has 0 aliphatic heterocycles. The molecule has 0 saturated heterocycles. The minimum Gasteiger partial charge on any atom is -0.311 e. The molecular formula is C19H16N4. The van der Waals surface area contributed by atoms with E-state index >= 15 is 0 Å². The summed E-state index contributed by atoms with van der Waals surface area (Å²) in [6.07, 6.45) is 0. The third-order valence-corrected chi connectivity index (χ3v) is 3.54. The summed E-state index contributed by atoms with van der Waals surface area (Å²) in [6, 6.07) is 28.5. The van der Waals surface area contributed by atoms with Gasteiger partial charge in [0.25, 0.3) is 0 Å². The summed E-state index contributed by atoms with van der Waals surface area (Å²) in [7, 11) is 0. The monoisotopic (exact) mass is 300 g/mol. The average molecular weight is 300 g/mol. The number of hydrogen-bond donors (Lipinski definition) is 0. The Morgan fingerprint density at radius 2 is 1.17 bits per heavy atom. The summed E-state index contributed by atoms with van der Waals surface area (Å²) in [5.41, 5.74) is 12.7. The number of hydrogen-bond acceptors (Lipinski definition) is 2. The van der Waals surface area contributed by atoms with Crippen LogP contribution in [-0.4, -0.2) is 0 Å². The number of para-hydroxylation sites is 2. The molecule has 0 aliphatic carbocycles. The van der Waals surface area contributed by atoms with Gasteiger partial charge in [-0.1, -0.05) is 53.6 Å². The molecule has 0 aliphatic rings. The van der Waals surface area contributed by atoms with E-state index in [1.165, 1.54) is 0 Å². The Morgan fingerprint density at radius 3 is 1.65 bits per heavy atom. The lowest BCUT2D eigenvalue weighted by Gasteiger charge is -2.25. The van der Waals surface area contributed by atoms with Crippen molar-refractivity contribution in [3.63, 3.8) is 0 Å². The van der Waals surface area contributed by atoms with E-state index in [-0.39, 0.29) is 0 Å². The zero-order valence-corrected chi connectivity index (χ0v) is 12.6. The van der Waals surface area contributed by atoms with Gasteiger partial charge in [0.2, 0.25) is 0 Å². The van der Waals surface area contributed by atoms with Gasteiger partial charge in [-0.3, -0.25) is 0 Å². The van der Waals surface area contributed by atoms with Crippen molar-refractivity contribution < 1.29 is 0 Å². The Labute approximate surface area is 135 Å². The normalized spacial score (nSPS) is 9.91. The van der Waals surface area contributed by atoms with E-state index in [2.05, 4.69) is 39.2 Å². The fraction of sp³-hybridized carbons (Fsp3) is 0.0526. The highest BCUT2D eigenvalue weighted by molar-refractivity contribution is 5.76. The van der Waals surface area contributed by atoms with E-state index < -0.39 is 0 Å². The van der Waals surface area contributed by atoms with Crippen molar-refractivity contribution in [2.75, 3.05) is 4.90 Å². The molecule has 0 N–H and O–H groups in total. The molecule has 0 spiro atoms. The van der Waals surface area contributed by atoms with Gasteiger partial charge in [0.15, 0.2) is 0 Å². The highest BCUT2D eigenvalue weighted by atomic mass is 15.1. The van der Waals surface area contributed by atoms with Crippen molar-refractivity contribution in [1.29, 1.82) is 0 Å². The Balaban J connectivity index is 2.00. The Morgan fingerprint density at radius 1 is 0.696 bits per heavy atom. The first-order valence-corrected chi connectivity index (χ1v) is 7.38. The molecule has 0 radical (unpaired) electrons. The molecule has 112 valence electrons. The van der Waals surface area contributed by atoms with Crippen LogP contribution >= 0.6 is 0 Å². The smallest absolute Gasteiger partial charge is 0.0510 e. The van der Waals surface area contributed by atoms with E-state index in [9.17, 15) is 0 Å². The van der Waals surface area contributed by atoms with Gasteiger partial charge in [0, 0.05) is 22.0 Å². The van der Waals surface area contributed by atoms with Crippen LogP contribution in [-0.2, 0) is 6.54 Å². The minimum atomic E-state index is 0.369. The minimum absolute atomic E-state index is 0.369. The SMILES string of the molecule is [N-]=[N+]=NCc1ccc(N(c2ccccc2)c2ccccc2)cc1.